The fourth-order valence-corrected chi connectivity index (χ4v) is 2.88. The summed E-state index contributed by atoms with van der Waals surface area (Å²) in [6.07, 6.45) is -0.0176. The Labute approximate surface area is 146 Å². The van der Waals surface area contributed by atoms with E-state index in [1.807, 2.05) is 12.1 Å². The third-order valence-corrected chi connectivity index (χ3v) is 4.33. The molecule has 3 rings (SSSR count). The van der Waals surface area contributed by atoms with Crippen LogP contribution in [-0.4, -0.2) is 29.4 Å². The van der Waals surface area contributed by atoms with Gasteiger partial charge in [0.05, 0.1) is 6.61 Å². The summed E-state index contributed by atoms with van der Waals surface area (Å²) in [5.41, 5.74) is 2.41. The molecule has 4 nitrogen and oxygen atoms in total. The molecular weight excluding hydrogens is 328 g/mol. The molecule has 1 atom stereocenters. The van der Waals surface area contributed by atoms with Crippen LogP contribution in [-0.2, 0) is 15.9 Å². The van der Waals surface area contributed by atoms with E-state index < -0.39 is 11.9 Å². The van der Waals surface area contributed by atoms with Gasteiger partial charge in [0.2, 0.25) is 0 Å². The van der Waals surface area contributed by atoms with Gasteiger partial charge in [-0.2, -0.15) is 0 Å². The first-order chi connectivity index (χ1) is 11.3. The van der Waals surface area contributed by atoms with Crippen molar-refractivity contribution in [1.29, 1.82) is 0 Å². The van der Waals surface area contributed by atoms with E-state index in [4.69, 9.17) is 21.1 Å². The Balaban J connectivity index is 1.81. The summed E-state index contributed by atoms with van der Waals surface area (Å²) < 4.78 is 11.1. The van der Waals surface area contributed by atoms with Crippen molar-refractivity contribution in [3.05, 3.63) is 64.2 Å². The first-order valence-corrected chi connectivity index (χ1v) is 8.14. The molecule has 0 saturated carbocycles. The van der Waals surface area contributed by atoms with Crippen molar-refractivity contribution < 1.29 is 19.4 Å². The zero-order valence-electron chi connectivity index (χ0n) is 13.6. The Bertz CT molecular complexity index is 752. The number of phenolic OH excluding ortho intramolecular Hbond substituents is 1. The van der Waals surface area contributed by atoms with Crippen LogP contribution in [0.15, 0.2) is 42.5 Å². The van der Waals surface area contributed by atoms with Crippen molar-refractivity contribution in [3.63, 3.8) is 0 Å². The van der Waals surface area contributed by atoms with Crippen LogP contribution in [0.5, 0.6) is 5.75 Å². The molecule has 1 aliphatic heterocycles. The van der Waals surface area contributed by atoms with Crippen LogP contribution in [0.1, 0.15) is 35.3 Å². The second kappa shape index (κ2) is 6.55. The summed E-state index contributed by atoms with van der Waals surface area (Å²) >= 11 is 6.27. The molecule has 0 aliphatic carbocycles. The lowest BCUT2D eigenvalue weighted by Crippen LogP contribution is -2.27. The molecule has 2 aromatic rings. The smallest absolute Gasteiger partial charge is 0.194 e. The Hall–Kier alpha value is -1.88. The third-order valence-electron chi connectivity index (χ3n) is 3.96. The number of ether oxygens (including phenoxy) is 2. The monoisotopic (exact) mass is 346 g/mol. The predicted octanol–water partition coefficient (Wildman–Crippen LogP) is 3.97. The maximum atomic E-state index is 12.6. The Morgan fingerprint density at radius 2 is 1.96 bits per heavy atom. The SMILES string of the molecule is CC1(C)OC[C@H](C(=O)c2ccc(Cl)c(Cc3ccc(O)cc3)c2)O1. The minimum atomic E-state index is -0.735. The summed E-state index contributed by atoms with van der Waals surface area (Å²) in [5.74, 6) is -0.624. The number of hydrogen-bond acceptors (Lipinski definition) is 4. The number of hydrogen-bond donors (Lipinski definition) is 1. The van der Waals surface area contributed by atoms with E-state index in [1.54, 1.807) is 44.2 Å². The fraction of sp³-hybridized carbons (Fsp3) is 0.316. The number of aromatic hydroxyl groups is 1. The third kappa shape index (κ3) is 3.78. The highest BCUT2D eigenvalue weighted by molar-refractivity contribution is 6.31. The van der Waals surface area contributed by atoms with Gasteiger partial charge < -0.3 is 14.6 Å². The second-order valence-corrected chi connectivity index (χ2v) is 6.74. The summed E-state index contributed by atoms with van der Waals surface area (Å²) in [6.45, 7) is 3.83. The van der Waals surface area contributed by atoms with Crippen molar-refractivity contribution >= 4 is 17.4 Å². The first-order valence-electron chi connectivity index (χ1n) is 7.76. The minimum absolute atomic E-state index is 0.107. The maximum Gasteiger partial charge on any atom is 0.194 e. The number of ketones is 1. The van der Waals surface area contributed by atoms with Crippen molar-refractivity contribution in [3.8, 4) is 5.75 Å². The zero-order valence-corrected chi connectivity index (χ0v) is 14.3. The topological polar surface area (TPSA) is 55.8 Å². The average molecular weight is 347 g/mol. The molecule has 0 unspecified atom stereocenters. The maximum absolute atomic E-state index is 12.6. The standard InChI is InChI=1S/C19H19ClO4/c1-19(2)23-11-17(24-19)18(22)13-5-8-16(20)14(10-13)9-12-3-6-15(21)7-4-12/h3-8,10,17,21H,9,11H2,1-2H3/t17-/m1/s1. The van der Waals surface area contributed by atoms with Crippen molar-refractivity contribution in [2.45, 2.75) is 32.2 Å². The number of halogens is 1. The molecule has 5 heteroatoms. The Morgan fingerprint density at radius 3 is 2.58 bits per heavy atom. The summed E-state index contributed by atoms with van der Waals surface area (Å²) in [4.78, 5) is 12.6. The van der Waals surface area contributed by atoms with Crippen LogP contribution >= 0.6 is 11.6 Å². The minimum Gasteiger partial charge on any atom is -0.508 e. The fourth-order valence-electron chi connectivity index (χ4n) is 2.70. The van der Waals surface area contributed by atoms with E-state index in [0.29, 0.717) is 17.0 Å². The summed E-state index contributed by atoms with van der Waals surface area (Å²) in [5, 5.41) is 9.96. The molecule has 126 valence electrons. The lowest BCUT2D eigenvalue weighted by Gasteiger charge is -2.16. The molecule has 1 saturated heterocycles. The van der Waals surface area contributed by atoms with Gasteiger partial charge in [0.1, 0.15) is 11.9 Å². The molecular formula is C19H19ClO4. The first kappa shape index (κ1) is 17.0. The highest BCUT2D eigenvalue weighted by atomic mass is 35.5. The molecule has 24 heavy (non-hydrogen) atoms. The number of carbonyl (C=O) groups is 1. The van der Waals surface area contributed by atoms with Gasteiger partial charge in [-0.25, -0.2) is 0 Å². The number of benzene rings is 2. The van der Waals surface area contributed by atoms with Gasteiger partial charge in [-0.05, 0) is 61.7 Å². The van der Waals surface area contributed by atoms with Crippen molar-refractivity contribution in [2.75, 3.05) is 6.61 Å². The van der Waals surface area contributed by atoms with Crippen LogP contribution < -0.4 is 0 Å². The highest BCUT2D eigenvalue weighted by Gasteiger charge is 2.37. The van der Waals surface area contributed by atoms with Gasteiger partial charge in [-0.15, -0.1) is 0 Å². The molecule has 1 N–H and O–H groups in total. The Morgan fingerprint density at radius 1 is 1.25 bits per heavy atom. The van der Waals surface area contributed by atoms with E-state index in [0.717, 1.165) is 11.1 Å². The number of rotatable bonds is 4. The van der Waals surface area contributed by atoms with Crippen LogP contribution in [0.25, 0.3) is 0 Å². The Kier molecular flexibility index (Phi) is 4.63. The molecule has 0 aromatic heterocycles. The van der Waals surface area contributed by atoms with E-state index in [1.165, 1.54) is 0 Å². The zero-order chi connectivity index (χ0) is 17.3. The second-order valence-electron chi connectivity index (χ2n) is 6.33. The van der Waals surface area contributed by atoms with Gasteiger partial charge >= 0.3 is 0 Å². The quantitative estimate of drug-likeness (QED) is 0.851. The van der Waals surface area contributed by atoms with Crippen molar-refractivity contribution in [2.24, 2.45) is 0 Å². The van der Waals surface area contributed by atoms with Gasteiger partial charge in [0.25, 0.3) is 0 Å². The number of carbonyl (C=O) groups excluding carboxylic acids is 1. The van der Waals surface area contributed by atoms with Crippen LogP contribution in [0.2, 0.25) is 5.02 Å². The average Bonchev–Trinajstić information content (AvgIpc) is 2.91. The lowest BCUT2D eigenvalue weighted by atomic mass is 9.99. The van der Waals surface area contributed by atoms with Crippen LogP contribution in [0.4, 0.5) is 0 Å². The van der Waals surface area contributed by atoms with Crippen molar-refractivity contribution in [1.82, 2.24) is 0 Å². The van der Waals surface area contributed by atoms with Gasteiger partial charge in [0, 0.05) is 10.6 Å². The van der Waals surface area contributed by atoms with Crippen LogP contribution in [0, 0.1) is 0 Å². The van der Waals surface area contributed by atoms with Gasteiger partial charge in [0.15, 0.2) is 11.6 Å². The largest absolute Gasteiger partial charge is 0.508 e. The molecule has 1 fully saturated rings. The summed E-state index contributed by atoms with van der Waals surface area (Å²) in [7, 11) is 0. The number of Topliss-reactive ketones (excluding diaryl/α,β-unsaturated/α-hetero) is 1. The molecule has 0 bridgehead atoms. The molecule has 2 aromatic carbocycles. The molecule has 0 spiro atoms. The number of phenols is 1. The summed E-state index contributed by atoms with van der Waals surface area (Å²) in [6, 6.07) is 12.2. The van der Waals surface area contributed by atoms with Crippen LogP contribution in [0.3, 0.4) is 0 Å². The molecule has 0 radical (unpaired) electrons. The van der Waals surface area contributed by atoms with E-state index in [9.17, 15) is 9.90 Å². The van der Waals surface area contributed by atoms with E-state index in [2.05, 4.69) is 0 Å². The highest BCUT2D eigenvalue weighted by Crippen LogP contribution is 2.27. The van der Waals surface area contributed by atoms with Gasteiger partial charge in [-0.1, -0.05) is 23.7 Å². The normalized spacial score (nSPS) is 19.4. The lowest BCUT2D eigenvalue weighted by molar-refractivity contribution is -0.133. The molecule has 1 aliphatic rings. The molecule has 1 heterocycles. The van der Waals surface area contributed by atoms with E-state index in [-0.39, 0.29) is 18.1 Å². The molecule has 0 amide bonds. The van der Waals surface area contributed by atoms with E-state index >= 15 is 0 Å². The van der Waals surface area contributed by atoms with Gasteiger partial charge in [-0.3, -0.25) is 4.79 Å². The predicted molar refractivity (Wildman–Crippen MR) is 91.6 cm³/mol.